The normalized spacial score (nSPS) is 13.3. The summed E-state index contributed by atoms with van der Waals surface area (Å²) >= 11 is 0. The predicted octanol–water partition coefficient (Wildman–Crippen LogP) is -0.406. The van der Waals surface area contributed by atoms with Gasteiger partial charge in [-0.15, -0.1) is 0 Å². The SMILES string of the molecule is CCCC(C(=O)NCc1ncn(C)n1)C(N)=NO. The molecule has 0 saturated heterocycles. The molecule has 0 spiro atoms. The topological polar surface area (TPSA) is 118 Å². The lowest BCUT2D eigenvalue weighted by atomic mass is 10.0. The third-order valence-corrected chi connectivity index (χ3v) is 2.43. The van der Waals surface area contributed by atoms with E-state index < -0.39 is 5.92 Å². The first-order valence-corrected chi connectivity index (χ1v) is 5.68. The van der Waals surface area contributed by atoms with E-state index in [9.17, 15) is 4.79 Å². The summed E-state index contributed by atoms with van der Waals surface area (Å²) in [5, 5.41) is 18.2. The van der Waals surface area contributed by atoms with Gasteiger partial charge in [-0.3, -0.25) is 9.48 Å². The molecule has 1 unspecified atom stereocenters. The van der Waals surface area contributed by atoms with E-state index in [4.69, 9.17) is 10.9 Å². The van der Waals surface area contributed by atoms with E-state index in [1.54, 1.807) is 18.1 Å². The third kappa shape index (κ3) is 3.72. The summed E-state index contributed by atoms with van der Waals surface area (Å²) in [5.41, 5.74) is 5.48. The number of oxime groups is 1. The molecule has 0 aromatic carbocycles. The second-order valence-corrected chi connectivity index (χ2v) is 3.92. The number of hydrogen-bond acceptors (Lipinski definition) is 5. The molecule has 0 aliphatic heterocycles. The van der Waals surface area contributed by atoms with Crippen molar-refractivity contribution < 1.29 is 10.0 Å². The molecule has 0 aliphatic rings. The van der Waals surface area contributed by atoms with E-state index in [-0.39, 0.29) is 18.3 Å². The minimum Gasteiger partial charge on any atom is -0.409 e. The van der Waals surface area contributed by atoms with E-state index in [0.29, 0.717) is 12.2 Å². The molecule has 4 N–H and O–H groups in total. The molecular weight excluding hydrogens is 236 g/mol. The van der Waals surface area contributed by atoms with Crippen LogP contribution in [0.4, 0.5) is 0 Å². The summed E-state index contributed by atoms with van der Waals surface area (Å²) in [6.07, 6.45) is 2.84. The second kappa shape index (κ2) is 6.58. The van der Waals surface area contributed by atoms with Crippen molar-refractivity contribution in [2.24, 2.45) is 23.9 Å². The number of nitrogens with two attached hydrogens (primary N) is 1. The molecule has 0 bridgehead atoms. The van der Waals surface area contributed by atoms with E-state index in [1.807, 2.05) is 6.92 Å². The van der Waals surface area contributed by atoms with Crippen LogP contribution in [-0.2, 0) is 18.4 Å². The van der Waals surface area contributed by atoms with Crippen molar-refractivity contribution >= 4 is 11.7 Å². The van der Waals surface area contributed by atoms with E-state index in [1.165, 1.54) is 0 Å². The summed E-state index contributed by atoms with van der Waals surface area (Å²) in [6, 6.07) is 0. The maximum atomic E-state index is 11.9. The van der Waals surface area contributed by atoms with Gasteiger partial charge < -0.3 is 16.3 Å². The fraction of sp³-hybridized carbons (Fsp3) is 0.600. The summed E-state index contributed by atoms with van der Waals surface area (Å²) in [6.45, 7) is 2.14. The maximum absolute atomic E-state index is 11.9. The fourth-order valence-corrected chi connectivity index (χ4v) is 1.53. The molecule has 1 aromatic rings. The van der Waals surface area contributed by atoms with E-state index in [2.05, 4.69) is 20.6 Å². The van der Waals surface area contributed by atoms with Crippen LogP contribution in [0.1, 0.15) is 25.6 Å². The molecule has 18 heavy (non-hydrogen) atoms. The molecule has 8 heteroatoms. The highest BCUT2D eigenvalue weighted by Crippen LogP contribution is 2.07. The smallest absolute Gasteiger partial charge is 0.231 e. The van der Waals surface area contributed by atoms with E-state index in [0.717, 1.165) is 6.42 Å². The summed E-state index contributed by atoms with van der Waals surface area (Å²) in [4.78, 5) is 15.9. The third-order valence-electron chi connectivity index (χ3n) is 2.43. The Morgan fingerprint density at radius 2 is 2.44 bits per heavy atom. The Bertz CT molecular complexity index is 428. The van der Waals surface area contributed by atoms with Crippen molar-refractivity contribution in [3.8, 4) is 0 Å². The van der Waals surface area contributed by atoms with Crippen LogP contribution in [0.15, 0.2) is 11.5 Å². The lowest BCUT2D eigenvalue weighted by molar-refractivity contribution is -0.123. The Kier molecular flexibility index (Phi) is 5.09. The highest BCUT2D eigenvalue weighted by Gasteiger charge is 2.22. The van der Waals surface area contributed by atoms with Crippen LogP contribution in [0.2, 0.25) is 0 Å². The Morgan fingerprint density at radius 1 is 1.72 bits per heavy atom. The largest absolute Gasteiger partial charge is 0.409 e. The molecule has 1 atom stereocenters. The highest BCUT2D eigenvalue weighted by molar-refractivity contribution is 6.01. The van der Waals surface area contributed by atoms with Crippen LogP contribution in [0, 0.1) is 5.92 Å². The number of amides is 1. The lowest BCUT2D eigenvalue weighted by Crippen LogP contribution is -2.38. The Morgan fingerprint density at radius 3 is 2.94 bits per heavy atom. The highest BCUT2D eigenvalue weighted by atomic mass is 16.4. The van der Waals surface area contributed by atoms with Crippen molar-refractivity contribution in [3.05, 3.63) is 12.2 Å². The maximum Gasteiger partial charge on any atom is 0.231 e. The number of nitrogens with zero attached hydrogens (tertiary/aromatic N) is 4. The van der Waals surface area contributed by atoms with Gasteiger partial charge in [0.25, 0.3) is 0 Å². The van der Waals surface area contributed by atoms with Gasteiger partial charge >= 0.3 is 0 Å². The average Bonchev–Trinajstić information content (AvgIpc) is 2.78. The van der Waals surface area contributed by atoms with Crippen LogP contribution in [-0.4, -0.2) is 31.7 Å². The van der Waals surface area contributed by atoms with Crippen molar-refractivity contribution in [1.82, 2.24) is 20.1 Å². The number of rotatable bonds is 6. The van der Waals surface area contributed by atoms with E-state index >= 15 is 0 Å². The Balaban J connectivity index is 2.56. The van der Waals surface area contributed by atoms with Gasteiger partial charge in [-0.25, -0.2) is 4.98 Å². The van der Waals surface area contributed by atoms with Gasteiger partial charge in [-0.2, -0.15) is 5.10 Å². The first-order valence-electron chi connectivity index (χ1n) is 5.68. The number of carbonyl (C=O) groups is 1. The summed E-state index contributed by atoms with van der Waals surface area (Å²) in [7, 11) is 1.74. The molecule has 1 aromatic heterocycles. The molecule has 1 heterocycles. The zero-order chi connectivity index (χ0) is 13.5. The standard InChI is InChI=1S/C10H18N6O2/c1-3-4-7(9(11)15-18)10(17)12-5-8-13-6-16(2)14-8/h6-7,18H,3-5H2,1-2H3,(H2,11,15)(H,12,17). The number of carbonyl (C=O) groups excluding carboxylic acids is 1. The molecule has 0 saturated carbocycles. The quantitative estimate of drug-likeness (QED) is 0.276. The minimum atomic E-state index is -0.622. The number of nitrogens with one attached hydrogen (secondary N) is 1. The Labute approximate surface area is 105 Å². The summed E-state index contributed by atoms with van der Waals surface area (Å²) in [5.74, 6) is -0.479. The molecule has 8 nitrogen and oxygen atoms in total. The van der Waals surface area contributed by atoms with Crippen LogP contribution in [0.3, 0.4) is 0 Å². The number of aromatic nitrogens is 3. The molecule has 1 amide bonds. The van der Waals surface area contributed by atoms with Crippen molar-refractivity contribution in [1.29, 1.82) is 0 Å². The van der Waals surface area contributed by atoms with Gasteiger partial charge in [0.1, 0.15) is 6.33 Å². The zero-order valence-electron chi connectivity index (χ0n) is 10.5. The van der Waals surface area contributed by atoms with Crippen LogP contribution in [0.5, 0.6) is 0 Å². The van der Waals surface area contributed by atoms with Gasteiger partial charge in [0, 0.05) is 7.05 Å². The van der Waals surface area contributed by atoms with Gasteiger partial charge in [0.15, 0.2) is 11.7 Å². The van der Waals surface area contributed by atoms with Gasteiger partial charge in [-0.05, 0) is 6.42 Å². The molecule has 1 rings (SSSR count). The molecule has 0 aliphatic carbocycles. The zero-order valence-corrected chi connectivity index (χ0v) is 10.5. The minimum absolute atomic E-state index is 0.0802. The van der Waals surface area contributed by atoms with Gasteiger partial charge in [-0.1, -0.05) is 18.5 Å². The first-order chi connectivity index (χ1) is 8.58. The molecule has 100 valence electrons. The Hall–Kier alpha value is -2.12. The molecule has 0 fully saturated rings. The molecule has 0 radical (unpaired) electrons. The first kappa shape index (κ1) is 13.9. The van der Waals surface area contributed by atoms with Crippen LogP contribution in [0.25, 0.3) is 0 Å². The van der Waals surface area contributed by atoms with Crippen molar-refractivity contribution in [2.45, 2.75) is 26.3 Å². The lowest BCUT2D eigenvalue weighted by Gasteiger charge is -2.13. The molecular formula is C10H18N6O2. The van der Waals surface area contributed by atoms with Gasteiger partial charge in [0.2, 0.25) is 5.91 Å². The average molecular weight is 254 g/mol. The number of amidine groups is 1. The fourth-order valence-electron chi connectivity index (χ4n) is 1.53. The predicted molar refractivity (Wildman–Crippen MR) is 64.7 cm³/mol. The van der Waals surface area contributed by atoms with Crippen molar-refractivity contribution in [3.63, 3.8) is 0 Å². The second-order valence-electron chi connectivity index (χ2n) is 3.92. The van der Waals surface area contributed by atoms with Crippen molar-refractivity contribution in [2.75, 3.05) is 0 Å². The number of aryl methyl sites for hydroxylation is 1. The van der Waals surface area contributed by atoms with Crippen LogP contribution >= 0.6 is 0 Å². The number of hydrogen-bond donors (Lipinski definition) is 3. The van der Waals surface area contributed by atoms with Crippen LogP contribution < -0.4 is 11.1 Å². The van der Waals surface area contributed by atoms with Gasteiger partial charge in [0.05, 0.1) is 12.5 Å². The summed E-state index contributed by atoms with van der Waals surface area (Å²) < 4.78 is 1.55. The monoisotopic (exact) mass is 254 g/mol.